The highest BCUT2D eigenvalue weighted by Gasteiger charge is 2.04. The fourth-order valence-electron chi connectivity index (χ4n) is 1.51. The average Bonchev–Trinajstić information content (AvgIpc) is 2.30. The minimum absolute atomic E-state index is 0.337. The van der Waals surface area contributed by atoms with Gasteiger partial charge in [-0.3, -0.25) is 0 Å². The van der Waals surface area contributed by atoms with E-state index in [0.717, 1.165) is 16.9 Å². The third kappa shape index (κ3) is 2.98. The Morgan fingerprint density at radius 3 is 2.65 bits per heavy atom. The lowest BCUT2D eigenvalue weighted by atomic mass is 10.2. The summed E-state index contributed by atoms with van der Waals surface area (Å²) >= 11 is 5.92. The van der Waals surface area contributed by atoms with Gasteiger partial charge in [-0.05, 0) is 30.7 Å². The quantitative estimate of drug-likeness (QED) is 0.786. The third-order valence-corrected chi connectivity index (χ3v) is 2.84. The Kier molecular flexibility index (Phi) is 3.64. The molecule has 0 aromatic heterocycles. The molecule has 88 valence electrons. The van der Waals surface area contributed by atoms with Gasteiger partial charge in [0.1, 0.15) is 18.2 Å². The van der Waals surface area contributed by atoms with Crippen molar-refractivity contribution in [2.24, 2.45) is 0 Å². The van der Waals surface area contributed by atoms with Crippen LogP contribution in [0.4, 0.5) is 4.39 Å². The molecule has 0 spiro atoms. The highest BCUT2D eigenvalue weighted by Crippen LogP contribution is 2.21. The second-order valence-electron chi connectivity index (χ2n) is 3.79. The molecule has 2 aromatic carbocycles. The normalized spacial score (nSPS) is 10.3. The Morgan fingerprint density at radius 1 is 1.18 bits per heavy atom. The lowest BCUT2D eigenvalue weighted by Crippen LogP contribution is -1.98. The Bertz CT molecular complexity index is 525. The largest absolute Gasteiger partial charge is 0.489 e. The summed E-state index contributed by atoms with van der Waals surface area (Å²) in [7, 11) is 0. The molecule has 0 amide bonds. The van der Waals surface area contributed by atoms with Crippen LogP contribution in [0.25, 0.3) is 0 Å². The summed E-state index contributed by atoms with van der Waals surface area (Å²) in [5.74, 6) is 0.475. The molecule has 1 nitrogen and oxygen atoms in total. The summed E-state index contributed by atoms with van der Waals surface area (Å²) in [6.45, 7) is 2.31. The van der Waals surface area contributed by atoms with E-state index in [4.69, 9.17) is 16.3 Å². The molecule has 0 aliphatic heterocycles. The van der Waals surface area contributed by atoms with Gasteiger partial charge in [0, 0.05) is 5.56 Å². The first kappa shape index (κ1) is 11.9. The average molecular weight is 251 g/mol. The molecule has 0 unspecified atom stereocenters. The highest BCUT2D eigenvalue weighted by atomic mass is 35.5. The van der Waals surface area contributed by atoms with Crippen LogP contribution in [0.3, 0.4) is 0 Å². The van der Waals surface area contributed by atoms with Crippen molar-refractivity contribution in [2.45, 2.75) is 13.5 Å². The van der Waals surface area contributed by atoms with Crippen molar-refractivity contribution in [2.75, 3.05) is 0 Å². The van der Waals surface area contributed by atoms with Gasteiger partial charge in [-0.15, -0.1) is 0 Å². The second-order valence-corrected chi connectivity index (χ2v) is 4.20. The predicted molar refractivity (Wildman–Crippen MR) is 66.9 cm³/mol. The van der Waals surface area contributed by atoms with Crippen molar-refractivity contribution < 1.29 is 9.13 Å². The molecule has 2 rings (SSSR count). The van der Waals surface area contributed by atoms with E-state index < -0.39 is 0 Å². The molecular weight excluding hydrogens is 239 g/mol. The van der Waals surface area contributed by atoms with Gasteiger partial charge in [0.15, 0.2) is 0 Å². The molecule has 0 N–H and O–H groups in total. The molecule has 0 aliphatic rings. The lowest BCUT2D eigenvalue weighted by molar-refractivity contribution is 0.304. The van der Waals surface area contributed by atoms with Gasteiger partial charge >= 0.3 is 0 Å². The zero-order valence-electron chi connectivity index (χ0n) is 9.41. The van der Waals surface area contributed by atoms with Gasteiger partial charge in [-0.1, -0.05) is 35.9 Å². The number of para-hydroxylation sites is 1. The number of aryl methyl sites for hydroxylation is 1. The molecule has 0 bridgehead atoms. The minimum Gasteiger partial charge on any atom is -0.489 e. The van der Waals surface area contributed by atoms with E-state index in [1.54, 1.807) is 6.07 Å². The van der Waals surface area contributed by atoms with Gasteiger partial charge < -0.3 is 4.74 Å². The molecule has 0 atom stereocenters. The van der Waals surface area contributed by atoms with Crippen molar-refractivity contribution in [3.63, 3.8) is 0 Å². The van der Waals surface area contributed by atoms with Crippen molar-refractivity contribution >= 4 is 11.6 Å². The molecule has 0 radical (unpaired) electrons. The molecule has 17 heavy (non-hydrogen) atoms. The Morgan fingerprint density at radius 2 is 1.94 bits per heavy atom. The standard InChI is InChI=1S/C14H12ClFO/c1-10-4-2-3-5-14(10)17-9-11-6-7-12(16)8-13(11)15/h2-8H,9H2,1H3. The summed E-state index contributed by atoms with van der Waals surface area (Å²) < 4.78 is 18.5. The maximum Gasteiger partial charge on any atom is 0.124 e. The monoisotopic (exact) mass is 250 g/mol. The fraction of sp³-hybridized carbons (Fsp3) is 0.143. The number of halogens is 2. The fourth-order valence-corrected chi connectivity index (χ4v) is 1.73. The smallest absolute Gasteiger partial charge is 0.124 e. The molecule has 3 heteroatoms. The third-order valence-electron chi connectivity index (χ3n) is 2.49. The molecule has 0 saturated heterocycles. The van der Waals surface area contributed by atoms with Crippen LogP contribution in [0.2, 0.25) is 5.02 Å². The van der Waals surface area contributed by atoms with Gasteiger partial charge in [0.25, 0.3) is 0 Å². The molecule has 0 heterocycles. The van der Waals surface area contributed by atoms with E-state index >= 15 is 0 Å². The van der Waals surface area contributed by atoms with Crippen LogP contribution in [0.5, 0.6) is 5.75 Å². The van der Waals surface area contributed by atoms with Crippen molar-refractivity contribution in [3.8, 4) is 5.75 Å². The lowest BCUT2D eigenvalue weighted by Gasteiger charge is -2.09. The molecule has 2 aromatic rings. The van der Waals surface area contributed by atoms with Crippen LogP contribution in [0, 0.1) is 12.7 Å². The van der Waals surface area contributed by atoms with Crippen LogP contribution in [-0.4, -0.2) is 0 Å². The molecule has 0 aliphatic carbocycles. The number of hydrogen-bond acceptors (Lipinski definition) is 1. The summed E-state index contributed by atoms with van der Waals surface area (Å²) in [5.41, 5.74) is 1.84. The predicted octanol–water partition coefficient (Wildman–Crippen LogP) is 4.37. The second kappa shape index (κ2) is 5.19. The number of hydrogen-bond donors (Lipinski definition) is 0. The van der Waals surface area contributed by atoms with Crippen LogP contribution in [-0.2, 0) is 6.61 Å². The SMILES string of the molecule is Cc1ccccc1OCc1ccc(F)cc1Cl. The Hall–Kier alpha value is -1.54. The van der Waals surface area contributed by atoms with Crippen molar-refractivity contribution in [3.05, 3.63) is 64.4 Å². The van der Waals surface area contributed by atoms with E-state index in [0.29, 0.717) is 11.6 Å². The maximum absolute atomic E-state index is 12.8. The zero-order chi connectivity index (χ0) is 12.3. The summed E-state index contributed by atoms with van der Waals surface area (Å²) in [4.78, 5) is 0. The Labute approximate surface area is 105 Å². The highest BCUT2D eigenvalue weighted by molar-refractivity contribution is 6.31. The van der Waals surface area contributed by atoms with E-state index in [2.05, 4.69) is 0 Å². The van der Waals surface area contributed by atoms with Crippen LogP contribution >= 0.6 is 11.6 Å². The minimum atomic E-state index is -0.338. The first-order valence-corrected chi connectivity index (χ1v) is 5.67. The zero-order valence-corrected chi connectivity index (χ0v) is 10.2. The number of benzene rings is 2. The summed E-state index contributed by atoms with van der Waals surface area (Å²) in [6.07, 6.45) is 0. The number of rotatable bonds is 3. The maximum atomic E-state index is 12.8. The topological polar surface area (TPSA) is 9.23 Å². The van der Waals surface area contributed by atoms with E-state index in [-0.39, 0.29) is 5.82 Å². The molecule has 0 fully saturated rings. The van der Waals surface area contributed by atoms with Crippen LogP contribution in [0.15, 0.2) is 42.5 Å². The molecule has 0 saturated carbocycles. The van der Waals surface area contributed by atoms with Gasteiger partial charge in [-0.25, -0.2) is 4.39 Å². The molecular formula is C14H12ClFO. The van der Waals surface area contributed by atoms with Gasteiger partial charge in [-0.2, -0.15) is 0 Å². The van der Waals surface area contributed by atoms with E-state index in [1.807, 2.05) is 31.2 Å². The van der Waals surface area contributed by atoms with Gasteiger partial charge in [0.2, 0.25) is 0 Å². The summed E-state index contributed by atoms with van der Waals surface area (Å²) in [6, 6.07) is 12.0. The van der Waals surface area contributed by atoms with Crippen LogP contribution < -0.4 is 4.74 Å². The van der Waals surface area contributed by atoms with Gasteiger partial charge in [0.05, 0.1) is 5.02 Å². The first-order chi connectivity index (χ1) is 8.16. The first-order valence-electron chi connectivity index (χ1n) is 5.29. The summed E-state index contributed by atoms with van der Waals surface area (Å²) in [5, 5.41) is 0.388. The Balaban J connectivity index is 2.10. The van der Waals surface area contributed by atoms with E-state index in [1.165, 1.54) is 12.1 Å². The van der Waals surface area contributed by atoms with Crippen molar-refractivity contribution in [1.82, 2.24) is 0 Å². The van der Waals surface area contributed by atoms with Crippen LogP contribution in [0.1, 0.15) is 11.1 Å². The van der Waals surface area contributed by atoms with E-state index in [9.17, 15) is 4.39 Å². The number of ether oxygens (including phenoxy) is 1. The van der Waals surface area contributed by atoms with Crippen molar-refractivity contribution in [1.29, 1.82) is 0 Å².